The molecule has 0 bridgehead atoms. The van der Waals surface area contributed by atoms with Crippen LogP contribution >= 0.6 is 11.6 Å². The molecule has 23 heavy (non-hydrogen) atoms. The number of nitrogens with one attached hydrogen (secondary N) is 1. The third kappa shape index (κ3) is 5.13. The van der Waals surface area contributed by atoms with Crippen LogP contribution in [0.3, 0.4) is 0 Å². The lowest BCUT2D eigenvalue weighted by molar-refractivity contribution is -0.387. The fourth-order valence-electron chi connectivity index (χ4n) is 2.63. The summed E-state index contributed by atoms with van der Waals surface area (Å²) in [6.07, 6.45) is 4.29. The molecule has 0 unspecified atom stereocenters. The number of sulfonamides is 1. The average molecular weight is 362 g/mol. The van der Waals surface area contributed by atoms with Gasteiger partial charge in [-0.15, -0.1) is 0 Å². The Morgan fingerprint density at radius 1 is 1.26 bits per heavy atom. The highest BCUT2D eigenvalue weighted by molar-refractivity contribution is 7.89. The van der Waals surface area contributed by atoms with Crippen LogP contribution in [0.4, 0.5) is 5.69 Å². The van der Waals surface area contributed by atoms with E-state index in [1.165, 1.54) is 25.3 Å². The lowest BCUT2D eigenvalue weighted by atomic mass is 10.1. The first-order chi connectivity index (χ1) is 10.9. The van der Waals surface area contributed by atoms with Gasteiger partial charge >= 0.3 is 0 Å². The van der Waals surface area contributed by atoms with Gasteiger partial charge < -0.3 is 4.90 Å². The van der Waals surface area contributed by atoms with Gasteiger partial charge in [-0.2, -0.15) is 0 Å². The number of nitro benzene ring substituents is 1. The molecule has 9 heteroatoms. The van der Waals surface area contributed by atoms with Gasteiger partial charge in [0.1, 0.15) is 0 Å². The maximum Gasteiger partial charge on any atom is 0.290 e. The van der Waals surface area contributed by atoms with E-state index >= 15 is 0 Å². The molecule has 1 N–H and O–H groups in total. The lowest BCUT2D eigenvalue weighted by Crippen LogP contribution is -2.33. The van der Waals surface area contributed by atoms with Crippen LogP contribution in [0.1, 0.15) is 25.7 Å². The lowest BCUT2D eigenvalue weighted by Gasteiger charge is -2.26. The van der Waals surface area contributed by atoms with E-state index in [1.54, 1.807) is 0 Å². The monoisotopic (exact) mass is 361 g/mol. The summed E-state index contributed by atoms with van der Waals surface area (Å²) in [5.74, 6) is 0. The Morgan fingerprint density at radius 3 is 2.61 bits per heavy atom. The fraction of sp³-hybridized carbons (Fsp3) is 0.571. The molecule has 1 aliphatic rings. The zero-order valence-corrected chi connectivity index (χ0v) is 14.3. The van der Waals surface area contributed by atoms with Gasteiger partial charge in [-0.25, -0.2) is 13.1 Å². The highest BCUT2D eigenvalue weighted by atomic mass is 35.5. The van der Waals surface area contributed by atoms with Crippen LogP contribution in [0.15, 0.2) is 23.1 Å². The second-order valence-corrected chi connectivity index (χ2v) is 7.69. The standard InChI is InChI=1S/C14H20ClN3O4S/c15-12-5-6-14(13(11-12)18(19)20)23(21,22)16-7-4-10-17-8-2-1-3-9-17/h5-6,11,16H,1-4,7-10H2. The maximum atomic E-state index is 12.2. The summed E-state index contributed by atoms with van der Waals surface area (Å²) in [7, 11) is -3.92. The Bertz CT molecular complexity index is 660. The summed E-state index contributed by atoms with van der Waals surface area (Å²) < 4.78 is 26.9. The Balaban J connectivity index is 1.95. The van der Waals surface area contributed by atoms with Crippen molar-refractivity contribution in [2.24, 2.45) is 0 Å². The molecule has 1 saturated heterocycles. The van der Waals surface area contributed by atoms with Crippen molar-refractivity contribution in [3.05, 3.63) is 33.3 Å². The minimum atomic E-state index is -3.92. The van der Waals surface area contributed by atoms with Gasteiger partial charge in [0.05, 0.1) is 4.92 Å². The van der Waals surface area contributed by atoms with Crippen LogP contribution in [0, 0.1) is 10.1 Å². The van der Waals surface area contributed by atoms with Crippen molar-refractivity contribution in [1.82, 2.24) is 9.62 Å². The van der Waals surface area contributed by atoms with Gasteiger partial charge in [0.25, 0.3) is 5.69 Å². The van der Waals surface area contributed by atoms with Crippen LogP contribution in [-0.4, -0.2) is 44.4 Å². The zero-order valence-electron chi connectivity index (χ0n) is 12.7. The Morgan fingerprint density at radius 2 is 1.96 bits per heavy atom. The molecular formula is C14H20ClN3O4S. The fourth-order valence-corrected chi connectivity index (χ4v) is 4.02. The SMILES string of the molecule is O=[N+]([O-])c1cc(Cl)ccc1S(=O)(=O)NCCCN1CCCCC1. The Kier molecular flexibility index (Phi) is 6.34. The molecule has 1 fully saturated rings. The van der Waals surface area contributed by atoms with Crippen molar-refractivity contribution in [2.75, 3.05) is 26.2 Å². The van der Waals surface area contributed by atoms with Crippen molar-refractivity contribution in [3.8, 4) is 0 Å². The molecule has 0 saturated carbocycles. The van der Waals surface area contributed by atoms with Gasteiger partial charge in [0, 0.05) is 17.6 Å². The molecule has 7 nitrogen and oxygen atoms in total. The largest absolute Gasteiger partial charge is 0.303 e. The quantitative estimate of drug-likeness (QED) is 0.457. The van der Waals surface area contributed by atoms with E-state index in [-0.39, 0.29) is 16.5 Å². The number of piperidine rings is 1. The van der Waals surface area contributed by atoms with Gasteiger partial charge in [0.15, 0.2) is 4.90 Å². The smallest absolute Gasteiger partial charge is 0.290 e. The second-order valence-electron chi connectivity index (χ2n) is 5.52. The molecule has 1 aliphatic heterocycles. The highest BCUT2D eigenvalue weighted by Crippen LogP contribution is 2.26. The summed E-state index contributed by atoms with van der Waals surface area (Å²) in [6.45, 7) is 3.18. The molecule has 1 aromatic rings. The summed E-state index contributed by atoms with van der Waals surface area (Å²) in [4.78, 5) is 12.2. The van der Waals surface area contributed by atoms with Crippen molar-refractivity contribution in [1.29, 1.82) is 0 Å². The predicted molar refractivity (Wildman–Crippen MR) is 88.2 cm³/mol. The first kappa shape index (κ1) is 18.1. The molecule has 0 aromatic heterocycles. The van der Waals surface area contributed by atoms with Crippen LogP contribution in [-0.2, 0) is 10.0 Å². The molecular weight excluding hydrogens is 342 g/mol. The summed E-state index contributed by atoms with van der Waals surface area (Å²) in [5.41, 5.74) is -0.513. The van der Waals surface area contributed by atoms with Crippen LogP contribution in [0.5, 0.6) is 0 Å². The number of hydrogen-bond donors (Lipinski definition) is 1. The molecule has 2 rings (SSSR count). The predicted octanol–water partition coefficient (Wildman–Crippen LogP) is 2.40. The van der Waals surface area contributed by atoms with Crippen LogP contribution in [0.2, 0.25) is 5.02 Å². The number of nitrogens with zero attached hydrogens (tertiary/aromatic N) is 2. The number of likely N-dealkylation sites (tertiary alicyclic amines) is 1. The van der Waals surface area contributed by atoms with Crippen molar-refractivity contribution in [2.45, 2.75) is 30.6 Å². The van der Waals surface area contributed by atoms with E-state index in [2.05, 4.69) is 9.62 Å². The normalized spacial score (nSPS) is 16.4. The van der Waals surface area contributed by atoms with E-state index in [9.17, 15) is 18.5 Å². The van der Waals surface area contributed by atoms with E-state index in [0.717, 1.165) is 31.8 Å². The van der Waals surface area contributed by atoms with Crippen molar-refractivity contribution < 1.29 is 13.3 Å². The molecule has 0 atom stereocenters. The summed E-state index contributed by atoms with van der Waals surface area (Å²) >= 11 is 5.70. The average Bonchev–Trinajstić information content (AvgIpc) is 2.52. The first-order valence-electron chi connectivity index (χ1n) is 7.56. The number of halogens is 1. The molecule has 0 amide bonds. The summed E-state index contributed by atoms with van der Waals surface area (Å²) in [6, 6.07) is 3.54. The number of hydrogen-bond acceptors (Lipinski definition) is 5. The maximum absolute atomic E-state index is 12.2. The van der Waals surface area contributed by atoms with E-state index < -0.39 is 20.6 Å². The van der Waals surface area contributed by atoms with Crippen LogP contribution < -0.4 is 4.72 Å². The van der Waals surface area contributed by atoms with E-state index in [0.29, 0.717) is 6.42 Å². The molecule has 1 aromatic carbocycles. The first-order valence-corrected chi connectivity index (χ1v) is 9.42. The van der Waals surface area contributed by atoms with E-state index in [1.807, 2.05) is 0 Å². The molecule has 0 radical (unpaired) electrons. The van der Waals surface area contributed by atoms with Crippen molar-refractivity contribution >= 4 is 27.3 Å². The molecule has 1 heterocycles. The number of nitro groups is 1. The number of rotatable bonds is 7. The Labute approximate surface area is 140 Å². The van der Waals surface area contributed by atoms with E-state index in [4.69, 9.17) is 11.6 Å². The van der Waals surface area contributed by atoms with Crippen LogP contribution in [0.25, 0.3) is 0 Å². The minimum Gasteiger partial charge on any atom is -0.303 e. The Hall–Kier alpha value is -1.22. The second kappa shape index (κ2) is 8.05. The van der Waals surface area contributed by atoms with Crippen molar-refractivity contribution in [3.63, 3.8) is 0 Å². The van der Waals surface area contributed by atoms with Gasteiger partial charge in [-0.3, -0.25) is 10.1 Å². The highest BCUT2D eigenvalue weighted by Gasteiger charge is 2.25. The number of benzene rings is 1. The summed E-state index contributed by atoms with van der Waals surface area (Å²) in [5, 5.41) is 11.1. The van der Waals surface area contributed by atoms with Gasteiger partial charge in [-0.1, -0.05) is 18.0 Å². The third-order valence-corrected chi connectivity index (χ3v) is 5.54. The molecule has 0 aliphatic carbocycles. The zero-order chi connectivity index (χ0) is 16.9. The third-order valence-electron chi connectivity index (χ3n) is 3.80. The van der Waals surface area contributed by atoms with Gasteiger partial charge in [-0.05, 0) is 51.0 Å². The minimum absolute atomic E-state index is 0.126. The van der Waals surface area contributed by atoms with Gasteiger partial charge in [0.2, 0.25) is 10.0 Å². The molecule has 0 spiro atoms. The topological polar surface area (TPSA) is 92.5 Å². The molecule has 128 valence electrons.